The second kappa shape index (κ2) is 18.2. The number of benzene rings is 4. The van der Waals surface area contributed by atoms with Crippen molar-refractivity contribution >= 4 is 23.9 Å². The molecule has 0 amide bonds. The van der Waals surface area contributed by atoms with Crippen LogP contribution in [0.2, 0.25) is 0 Å². The fourth-order valence-electron chi connectivity index (χ4n) is 2.57. The number of aromatic carboxylic acids is 4. The third kappa shape index (κ3) is 12.5. The van der Waals surface area contributed by atoms with Crippen molar-refractivity contribution in [1.82, 2.24) is 0 Å². The molecule has 4 N–H and O–H groups in total. The minimum atomic E-state index is -1.18. The van der Waals surface area contributed by atoms with Gasteiger partial charge < -0.3 is 40.9 Å². The Morgan fingerprint density at radius 1 is 0.366 bits per heavy atom. The van der Waals surface area contributed by atoms with Crippen LogP contribution in [0.4, 0.5) is 0 Å². The molecule has 12 nitrogen and oxygen atoms in total. The zero-order chi connectivity index (χ0) is 30.2. The SMILES string of the molecule is O=C(O)c1ccccc1[O-].O=C(O)c1ccccc1[O-].O=C(O)c1ccccc1[O-].O=C(O)c1ccccc1[O-].[Hf+4]. The first-order valence-corrected chi connectivity index (χ1v) is 10.8. The zero-order valence-electron chi connectivity index (χ0n) is 20.8. The molecule has 0 saturated carbocycles. The Bertz CT molecular complexity index is 1250. The van der Waals surface area contributed by atoms with Gasteiger partial charge in [-0.15, -0.1) is 0 Å². The molecule has 0 unspecified atom stereocenters. The monoisotopic (exact) mass is 728 g/mol. The summed E-state index contributed by atoms with van der Waals surface area (Å²) in [6, 6.07) is 22.1. The quantitative estimate of drug-likeness (QED) is 0.220. The van der Waals surface area contributed by atoms with Crippen molar-refractivity contribution in [2.75, 3.05) is 0 Å². The van der Waals surface area contributed by atoms with E-state index in [0.29, 0.717) is 0 Å². The first-order valence-electron chi connectivity index (χ1n) is 10.8. The van der Waals surface area contributed by atoms with Gasteiger partial charge in [-0.2, -0.15) is 0 Å². The number of carboxylic acid groups (broad SMARTS) is 4. The average Bonchev–Trinajstić information content (AvgIpc) is 2.90. The summed E-state index contributed by atoms with van der Waals surface area (Å²) in [4.78, 5) is 40.9. The van der Waals surface area contributed by atoms with Crippen LogP contribution in [-0.4, -0.2) is 44.3 Å². The van der Waals surface area contributed by atoms with Crippen LogP contribution < -0.4 is 20.4 Å². The molecule has 13 heteroatoms. The first-order chi connectivity index (χ1) is 18.9. The number of carbonyl (C=O) groups is 4. The number of hydrogen-bond donors (Lipinski definition) is 4. The molecule has 0 aliphatic rings. The normalized spacial score (nSPS) is 8.98. The second-order valence-electron chi connectivity index (χ2n) is 7.21. The number of hydrogen-bond acceptors (Lipinski definition) is 8. The van der Waals surface area contributed by atoms with Gasteiger partial charge in [-0.05, 0) is 24.3 Å². The fourth-order valence-corrected chi connectivity index (χ4v) is 2.57. The minimum Gasteiger partial charge on any atom is -0.872 e. The second-order valence-corrected chi connectivity index (χ2v) is 7.21. The smallest absolute Gasteiger partial charge is 0.872 e. The number of para-hydroxylation sites is 4. The Kier molecular flexibility index (Phi) is 15.9. The van der Waals surface area contributed by atoms with Crippen molar-refractivity contribution in [2.45, 2.75) is 0 Å². The van der Waals surface area contributed by atoms with Crippen LogP contribution in [0.1, 0.15) is 41.4 Å². The number of carboxylic acids is 4. The molecule has 0 radical (unpaired) electrons. The molecular formula is C28H20HfO12. The largest absolute Gasteiger partial charge is 4.00 e. The molecule has 4 aromatic rings. The molecule has 0 spiro atoms. The molecule has 0 aliphatic carbocycles. The summed E-state index contributed by atoms with van der Waals surface area (Å²) in [6.45, 7) is 0. The van der Waals surface area contributed by atoms with E-state index in [4.69, 9.17) is 20.4 Å². The Labute approximate surface area is 251 Å². The van der Waals surface area contributed by atoms with Gasteiger partial charge in [-0.1, -0.05) is 95.8 Å². The predicted octanol–water partition coefficient (Wildman–Crippen LogP) is 1.83. The van der Waals surface area contributed by atoms with E-state index in [1.807, 2.05) is 0 Å². The van der Waals surface area contributed by atoms with Crippen molar-refractivity contribution < 1.29 is 85.9 Å². The zero-order valence-corrected chi connectivity index (χ0v) is 24.4. The third-order valence-electron chi connectivity index (χ3n) is 4.47. The summed E-state index contributed by atoms with van der Waals surface area (Å²) in [6.07, 6.45) is 0. The fraction of sp³-hybridized carbons (Fsp3) is 0. The van der Waals surface area contributed by atoms with E-state index in [1.54, 1.807) is 0 Å². The molecule has 0 atom stereocenters. The minimum absolute atomic E-state index is 0. The summed E-state index contributed by atoms with van der Waals surface area (Å²) in [5.41, 5.74) is -0.713. The summed E-state index contributed by atoms with van der Waals surface area (Å²) in [5.74, 6) is -6.50. The standard InChI is InChI=1S/4C7H6O3.Hf/c4*8-6-4-2-1-3-5(6)7(9)10;/h4*1-4,8H,(H,9,10);/q;;;;+4/p-4. The van der Waals surface area contributed by atoms with E-state index in [2.05, 4.69) is 0 Å². The van der Waals surface area contributed by atoms with Gasteiger partial charge in [0, 0.05) is 0 Å². The summed E-state index contributed by atoms with van der Waals surface area (Å²) < 4.78 is 0. The maximum absolute atomic E-state index is 10.7. The first kappa shape index (κ1) is 35.8. The topological polar surface area (TPSA) is 241 Å². The van der Waals surface area contributed by atoms with Crippen LogP contribution in [0.25, 0.3) is 0 Å². The van der Waals surface area contributed by atoms with Gasteiger partial charge in [0.15, 0.2) is 0 Å². The van der Waals surface area contributed by atoms with Crippen LogP contribution in [0.15, 0.2) is 97.1 Å². The van der Waals surface area contributed by atoms with Crippen LogP contribution in [0.3, 0.4) is 0 Å². The molecule has 0 fully saturated rings. The molecule has 0 aromatic heterocycles. The van der Waals surface area contributed by atoms with Crippen molar-refractivity contribution in [3.05, 3.63) is 119 Å². The van der Waals surface area contributed by atoms with Crippen LogP contribution in [0.5, 0.6) is 23.0 Å². The van der Waals surface area contributed by atoms with Crippen LogP contribution in [0, 0.1) is 0 Å². The van der Waals surface area contributed by atoms with Crippen molar-refractivity contribution in [1.29, 1.82) is 0 Å². The van der Waals surface area contributed by atoms with E-state index in [9.17, 15) is 39.6 Å². The Hall–Kier alpha value is -5.17. The van der Waals surface area contributed by atoms with Crippen molar-refractivity contribution in [3.63, 3.8) is 0 Å². The van der Waals surface area contributed by atoms with Crippen LogP contribution in [-0.2, 0) is 25.8 Å². The molecule has 4 rings (SSSR count). The molecule has 208 valence electrons. The van der Waals surface area contributed by atoms with Gasteiger partial charge in [0.25, 0.3) is 0 Å². The van der Waals surface area contributed by atoms with E-state index in [1.165, 1.54) is 97.1 Å². The summed E-state index contributed by atoms with van der Waals surface area (Å²) >= 11 is 0. The van der Waals surface area contributed by atoms with Gasteiger partial charge in [-0.3, -0.25) is 0 Å². The molecule has 0 saturated heterocycles. The molecule has 0 heterocycles. The summed E-state index contributed by atoms with van der Waals surface area (Å²) in [7, 11) is 0. The van der Waals surface area contributed by atoms with Gasteiger partial charge in [0.1, 0.15) is 0 Å². The predicted molar refractivity (Wildman–Crippen MR) is 131 cm³/mol. The Morgan fingerprint density at radius 3 is 0.610 bits per heavy atom. The molecule has 41 heavy (non-hydrogen) atoms. The molecular weight excluding hydrogens is 707 g/mol. The molecule has 4 aromatic carbocycles. The van der Waals surface area contributed by atoms with Gasteiger partial charge in [0.2, 0.25) is 0 Å². The maximum Gasteiger partial charge on any atom is 4.00 e. The molecule has 0 aliphatic heterocycles. The number of rotatable bonds is 4. The van der Waals surface area contributed by atoms with Gasteiger partial charge in [0.05, 0.1) is 22.3 Å². The third-order valence-corrected chi connectivity index (χ3v) is 4.47. The molecule has 0 bridgehead atoms. The van der Waals surface area contributed by atoms with E-state index in [-0.39, 0.29) is 48.1 Å². The summed E-state index contributed by atoms with van der Waals surface area (Å²) in [5, 5.41) is 76.2. The van der Waals surface area contributed by atoms with Crippen molar-refractivity contribution in [2.24, 2.45) is 0 Å². The van der Waals surface area contributed by atoms with E-state index in [0.717, 1.165) is 0 Å². The Morgan fingerprint density at radius 2 is 0.512 bits per heavy atom. The van der Waals surface area contributed by atoms with Gasteiger partial charge in [-0.25, -0.2) is 19.2 Å². The van der Waals surface area contributed by atoms with Crippen LogP contribution >= 0.6 is 0 Å². The van der Waals surface area contributed by atoms with E-state index >= 15 is 0 Å². The average molecular weight is 727 g/mol. The van der Waals surface area contributed by atoms with Crippen molar-refractivity contribution in [3.8, 4) is 23.0 Å². The maximum atomic E-state index is 10.7. The van der Waals surface area contributed by atoms with E-state index < -0.39 is 46.9 Å². The van der Waals surface area contributed by atoms with Gasteiger partial charge >= 0.3 is 49.7 Å². The Balaban J connectivity index is 0.000000516.